The van der Waals surface area contributed by atoms with Gasteiger partial charge < -0.3 is 4.74 Å². The van der Waals surface area contributed by atoms with E-state index in [2.05, 4.69) is 13.8 Å². The molecule has 0 aromatic heterocycles. The Bertz CT molecular complexity index is 380. The summed E-state index contributed by atoms with van der Waals surface area (Å²) in [4.78, 5) is 11.9. The van der Waals surface area contributed by atoms with Gasteiger partial charge in [-0.25, -0.2) is 0 Å². The first-order chi connectivity index (χ1) is 8.89. The lowest BCUT2D eigenvalue weighted by Gasteiger charge is -2.25. The summed E-state index contributed by atoms with van der Waals surface area (Å²) in [6.45, 7) is 8.43. The molecule has 0 heterocycles. The van der Waals surface area contributed by atoms with Crippen LogP contribution in [0.4, 0.5) is 0 Å². The van der Waals surface area contributed by atoms with Crippen LogP contribution in [0.15, 0.2) is 30.3 Å². The van der Waals surface area contributed by atoms with Crippen molar-refractivity contribution in [3.8, 4) is 0 Å². The highest BCUT2D eigenvalue weighted by Gasteiger charge is 2.22. The standard InChI is InChI=1S/C17H26O2/c1-14(2)9-8-12-17(3,4)19-16(18)13-15-10-6-5-7-11-15/h5-7,10-11,14H,8-9,12-13H2,1-4H3. The Labute approximate surface area is 117 Å². The van der Waals surface area contributed by atoms with Gasteiger partial charge in [0.05, 0.1) is 6.42 Å². The van der Waals surface area contributed by atoms with E-state index in [-0.39, 0.29) is 11.6 Å². The van der Waals surface area contributed by atoms with Crippen LogP contribution >= 0.6 is 0 Å². The van der Waals surface area contributed by atoms with Crippen molar-refractivity contribution in [2.45, 2.75) is 59.0 Å². The topological polar surface area (TPSA) is 26.3 Å². The Morgan fingerprint density at radius 3 is 2.42 bits per heavy atom. The molecule has 2 heteroatoms. The number of esters is 1. The van der Waals surface area contributed by atoms with Crippen LogP contribution in [0.5, 0.6) is 0 Å². The molecule has 1 aromatic carbocycles. The summed E-state index contributed by atoms with van der Waals surface area (Å²) in [5.41, 5.74) is 0.645. The zero-order chi connectivity index (χ0) is 14.3. The first kappa shape index (κ1) is 15.7. The molecule has 0 saturated carbocycles. The van der Waals surface area contributed by atoms with Crippen molar-refractivity contribution < 1.29 is 9.53 Å². The fourth-order valence-corrected chi connectivity index (χ4v) is 2.09. The van der Waals surface area contributed by atoms with Crippen LogP contribution in [0.25, 0.3) is 0 Å². The van der Waals surface area contributed by atoms with Gasteiger partial charge in [0, 0.05) is 0 Å². The zero-order valence-corrected chi connectivity index (χ0v) is 12.6. The van der Waals surface area contributed by atoms with Crippen molar-refractivity contribution in [1.29, 1.82) is 0 Å². The molecule has 0 radical (unpaired) electrons. The van der Waals surface area contributed by atoms with Gasteiger partial charge in [-0.15, -0.1) is 0 Å². The van der Waals surface area contributed by atoms with Crippen LogP contribution in [-0.4, -0.2) is 11.6 Å². The Hall–Kier alpha value is -1.31. The van der Waals surface area contributed by atoms with Crippen LogP contribution < -0.4 is 0 Å². The first-order valence-corrected chi connectivity index (χ1v) is 7.15. The Morgan fingerprint density at radius 2 is 1.84 bits per heavy atom. The van der Waals surface area contributed by atoms with Crippen LogP contribution in [-0.2, 0) is 16.0 Å². The third-order valence-electron chi connectivity index (χ3n) is 3.14. The average molecular weight is 262 g/mol. The summed E-state index contributed by atoms with van der Waals surface area (Å²) in [6, 6.07) is 9.73. The Morgan fingerprint density at radius 1 is 1.21 bits per heavy atom. The van der Waals surface area contributed by atoms with Gasteiger partial charge in [-0.2, -0.15) is 0 Å². The second kappa shape index (κ2) is 7.32. The van der Waals surface area contributed by atoms with Gasteiger partial charge in [0.15, 0.2) is 0 Å². The summed E-state index contributed by atoms with van der Waals surface area (Å²) >= 11 is 0. The van der Waals surface area contributed by atoms with Gasteiger partial charge in [0.2, 0.25) is 0 Å². The summed E-state index contributed by atoms with van der Waals surface area (Å²) in [6.07, 6.45) is 3.56. The first-order valence-electron chi connectivity index (χ1n) is 7.15. The van der Waals surface area contributed by atoms with Gasteiger partial charge in [-0.1, -0.05) is 50.6 Å². The van der Waals surface area contributed by atoms with Crippen LogP contribution in [0.2, 0.25) is 0 Å². The molecular weight excluding hydrogens is 236 g/mol. The van der Waals surface area contributed by atoms with Gasteiger partial charge in [-0.3, -0.25) is 4.79 Å². The lowest BCUT2D eigenvalue weighted by atomic mass is 9.97. The summed E-state index contributed by atoms with van der Waals surface area (Å²) in [5.74, 6) is 0.566. The molecule has 0 aliphatic rings. The fourth-order valence-electron chi connectivity index (χ4n) is 2.09. The van der Waals surface area contributed by atoms with E-state index in [0.717, 1.165) is 18.4 Å². The van der Waals surface area contributed by atoms with Gasteiger partial charge in [0.25, 0.3) is 0 Å². The van der Waals surface area contributed by atoms with Crippen molar-refractivity contribution in [1.82, 2.24) is 0 Å². The van der Waals surface area contributed by atoms with Crippen molar-refractivity contribution in [2.75, 3.05) is 0 Å². The van der Waals surface area contributed by atoms with Crippen molar-refractivity contribution in [3.63, 3.8) is 0 Å². The maximum Gasteiger partial charge on any atom is 0.310 e. The minimum absolute atomic E-state index is 0.138. The van der Waals surface area contributed by atoms with Crippen molar-refractivity contribution >= 4 is 5.97 Å². The van der Waals surface area contributed by atoms with Gasteiger partial charge >= 0.3 is 5.97 Å². The number of carbonyl (C=O) groups is 1. The minimum Gasteiger partial charge on any atom is -0.459 e. The Balaban J connectivity index is 2.38. The molecule has 1 aromatic rings. The molecule has 0 amide bonds. The highest BCUT2D eigenvalue weighted by Crippen LogP contribution is 2.20. The second-order valence-corrected chi connectivity index (χ2v) is 6.18. The molecule has 0 fully saturated rings. The van der Waals surface area contributed by atoms with Crippen molar-refractivity contribution in [3.05, 3.63) is 35.9 Å². The van der Waals surface area contributed by atoms with E-state index in [1.807, 2.05) is 44.2 Å². The summed E-state index contributed by atoms with van der Waals surface area (Å²) in [5, 5.41) is 0. The molecule has 1 rings (SSSR count). The SMILES string of the molecule is CC(C)CCCC(C)(C)OC(=O)Cc1ccccc1. The van der Waals surface area contributed by atoms with E-state index in [1.54, 1.807) is 0 Å². The molecule has 19 heavy (non-hydrogen) atoms. The fraction of sp³-hybridized carbons (Fsp3) is 0.588. The number of carbonyl (C=O) groups excluding carboxylic acids is 1. The zero-order valence-electron chi connectivity index (χ0n) is 12.6. The number of hydrogen-bond acceptors (Lipinski definition) is 2. The van der Waals surface area contributed by atoms with Gasteiger partial charge in [0.1, 0.15) is 5.60 Å². The molecule has 0 aliphatic carbocycles. The molecule has 106 valence electrons. The average Bonchev–Trinajstić information content (AvgIpc) is 2.28. The largest absolute Gasteiger partial charge is 0.459 e. The minimum atomic E-state index is -0.360. The maximum absolute atomic E-state index is 11.9. The predicted molar refractivity (Wildman–Crippen MR) is 79.0 cm³/mol. The van der Waals surface area contributed by atoms with E-state index in [1.165, 1.54) is 6.42 Å². The molecule has 0 N–H and O–H groups in total. The van der Waals surface area contributed by atoms with E-state index < -0.39 is 0 Å². The molecule has 0 spiro atoms. The van der Waals surface area contributed by atoms with Crippen LogP contribution in [0.3, 0.4) is 0 Å². The normalized spacial score (nSPS) is 11.6. The number of hydrogen-bond donors (Lipinski definition) is 0. The molecule has 0 bridgehead atoms. The molecule has 0 atom stereocenters. The van der Waals surface area contributed by atoms with Crippen LogP contribution in [0, 0.1) is 5.92 Å². The second-order valence-electron chi connectivity index (χ2n) is 6.18. The smallest absolute Gasteiger partial charge is 0.310 e. The van der Waals surface area contributed by atoms with E-state index >= 15 is 0 Å². The maximum atomic E-state index is 11.9. The number of benzene rings is 1. The Kier molecular flexibility index (Phi) is 6.07. The third-order valence-corrected chi connectivity index (χ3v) is 3.14. The predicted octanol–water partition coefficient (Wildman–Crippen LogP) is 4.38. The van der Waals surface area contributed by atoms with Crippen LogP contribution in [0.1, 0.15) is 52.5 Å². The van der Waals surface area contributed by atoms with Gasteiger partial charge in [-0.05, 0) is 38.2 Å². The summed E-state index contributed by atoms with van der Waals surface area (Å²) in [7, 11) is 0. The van der Waals surface area contributed by atoms with E-state index in [9.17, 15) is 4.79 Å². The molecular formula is C17H26O2. The highest BCUT2D eigenvalue weighted by molar-refractivity contribution is 5.72. The van der Waals surface area contributed by atoms with E-state index in [0.29, 0.717) is 12.3 Å². The molecule has 0 unspecified atom stereocenters. The summed E-state index contributed by atoms with van der Waals surface area (Å²) < 4.78 is 5.58. The number of rotatable bonds is 7. The molecule has 0 aliphatic heterocycles. The van der Waals surface area contributed by atoms with E-state index in [4.69, 9.17) is 4.74 Å². The van der Waals surface area contributed by atoms with Crippen molar-refractivity contribution in [2.24, 2.45) is 5.92 Å². The lowest BCUT2D eigenvalue weighted by molar-refractivity contribution is -0.156. The highest BCUT2D eigenvalue weighted by atomic mass is 16.6. The third kappa shape index (κ3) is 7.00. The molecule has 0 saturated heterocycles. The number of ether oxygens (including phenoxy) is 1. The monoisotopic (exact) mass is 262 g/mol. The lowest BCUT2D eigenvalue weighted by Crippen LogP contribution is -2.29. The molecule has 2 nitrogen and oxygen atoms in total. The quantitative estimate of drug-likeness (QED) is 0.682.